The van der Waals surface area contributed by atoms with E-state index >= 15 is 0 Å². The second-order valence-corrected chi connectivity index (χ2v) is 7.95. The molecule has 1 unspecified atom stereocenters. The fourth-order valence-electron chi connectivity index (χ4n) is 2.66. The predicted octanol–water partition coefficient (Wildman–Crippen LogP) is 2.09. The molecule has 0 radical (unpaired) electrons. The van der Waals surface area contributed by atoms with Gasteiger partial charge in [0.05, 0.1) is 30.8 Å². The van der Waals surface area contributed by atoms with Gasteiger partial charge in [-0.25, -0.2) is 17.8 Å². The van der Waals surface area contributed by atoms with Crippen LogP contribution in [0.5, 0.6) is 0 Å². The van der Waals surface area contributed by atoms with E-state index in [9.17, 15) is 12.8 Å². The number of nitrogens with zero attached hydrogens (tertiary/aromatic N) is 2. The second kappa shape index (κ2) is 5.70. The SMILES string of the molecule is CC1(C)COC(c2cccc(F)c2)CN1S(=O)(=O)c1cnc[nH]1. The molecule has 2 heterocycles. The number of aromatic amines is 1. The van der Waals surface area contributed by atoms with Crippen LogP contribution >= 0.6 is 0 Å². The number of hydrogen-bond donors (Lipinski definition) is 1. The molecule has 0 saturated carbocycles. The number of rotatable bonds is 3. The molecule has 1 aromatic carbocycles. The minimum Gasteiger partial charge on any atom is -0.370 e. The molecule has 2 aromatic rings. The molecule has 8 heteroatoms. The first-order chi connectivity index (χ1) is 10.8. The van der Waals surface area contributed by atoms with Crippen LogP contribution in [0.25, 0.3) is 0 Å². The highest BCUT2D eigenvalue weighted by Gasteiger charge is 2.43. The lowest BCUT2D eigenvalue weighted by molar-refractivity contribution is -0.0656. The van der Waals surface area contributed by atoms with Crippen LogP contribution in [0.4, 0.5) is 4.39 Å². The molecule has 0 spiro atoms. The molecule has 1 aliphatic rings. The Hall–Kier alpha value is -1.77. The van der Waals surface area contributed by atoms with Gasteiger partial charge in [0.1, 0.15) is 5.82 Å². The lowest BCUT2D eigenvalue weighted by atomic mass is 10.0. The van der Waals surface area contributed by atoms with Gasteiger partial charge in [-0.15, -0.1) is 0 Å². The van der Waals surface area contributed by atoms with E-state index in [-0.39, 0.29) is 24.0 Å². The summed E-state index contributed by atoms with van der Waals surface area (Å²) in [5.41, 5.74) is -0.0985. The maximum atomic E-state index is 13.4. The summed E-state index contributed by atoms with van der Waals surface area (Å²) < 4.78 is 46.3. The van der Waals surface area contributed by atoms with E-state index in [1.165, 1.54) is 29.0 Å². The van der Waals surface area contributed by atoms with E-state index in [0.29, 0.717) is 5.56 Å². The summed E-state index contributed by atoms with van der Waals surface area (Å²) in [4.78, 5) is 6.41. The largest absolute Gasteiger partial charge is 0.370 e. The number of halogens is 1. The van der Waals surface area contributed by atoms with Crippen molar-refractivity contribution in [3.63, 3.8) is 0 Å². The Balaban J connectivity index is 1.94. The van der Waals surface area contributed by atoms with E-state index in [2.05, 4.69) is 9.97 Å². The number of H-pyrrole nitrogens is 1. The van der Waals surface area contributed by atoms with Crippen LogP contribution in [0.1, 0.15) is 25.5 Å². The highest BCUT2D eigenvalue weighted by atomic mass is 32.2. The first kappa shape index (κ1) is 16.1. The first-order valence-corrected chi connectivity index (χ1v) is 8.63. The Kier molecular flexibility index (Phi) is 3.99. The van der Waals surface area contributed by atoms with Crippen molar-refractivity contribution in [2.45, 2.75) is 30.5 Å². The fourth-order valence-corrected chi connectivity index (χ4v) is 4.33. The number of sulfonamides is 1. The standard InChI is InChI=1S/C15H18FN3O3S/c1-15(2)9-22-13(11-4-3-5-12(16)6-11)8-19(15)23(20,21)14-7-17-10-18-14/h3-7,10,13H,8-9H2,1-2H3,(H,17,18). The summed E-state index contributed by atoms with van der Waals surface area (Å²) in [7, 11) is -3.74. The summed E-state index contributed by atoms with van der Waals surface area (Å²) >= 11 is 0. The van der Waals surface area contributed by atoms with Crippen LogP contribution in [0.2, 0.25) is 0 Å². The fraction of sp³-hybridized carbons (Fsp3) is 0.400. The van der Waals surface area contributed by atoms with E-state index < -0.39 is 21.7 Å². The topological polar surface area (TPSA) is 75.3 Å². The van der Waals surface area contributed by atoms with Crippen LogP contribution < -0.4 is 0 Å². The van der Waals surface area contributed by atoms with Gasteiger partial charge in [0.2, 0.25) is 0 Å². The van der Waals surface area contributed by atoms with Crippen LogP contribution in [-0.4, -0.2) is 41.4 Å². The molecule has 1 aromatic heterocycles. The van der Waals surface area contributed by atoms with Crippen LogP contribution in [0.3, 0.4) is 0 Å². The molecule has 1 fully saturated rings. The summed E-state index contributed by atoms with van der Waals surface area (Å²) in [5.74, 6) is -0.376. The monoisotopic (exact) mass is 339 g/mol. The smallest absolute Gasteiger partial charge is 0.260 e. The molecule has 0 bridgehead atoms. The lowest BCUT2D eigenvalue weighted by Gasteiger charge is -2.43. The van der Waals surface area contributed by atoms with E-state index in [1.807, 2.05) is 0 Å². The number of nitrogens with one attached hydrogen (secondary N) is 1. The zero-order chi connectivity index (χ0) is 16.7. The van der Waals surface area contributed by atoms with E-state index in [0.717, 1.165) is 0 Å². The number of morpholine rings is 1. The number of aromatic nitrogens is 2. The van der Waals surface area contributed by atoms with Crippen molar-refractivity contribution in [2.75, 3.05) is 13.2 Å². The van der Waals surface area contributed by atoms with Crippen molar-refractivity contribution in [1.82, 2.24) is 14.3 Å². The zero-order valence-electron chi connectivity index (χ0n) is 12.9. The average molecular weight is 339 g/mol. The minimum atomic E-state index is -3.74. The van der Waals surface area contributed by atoms with Crippen LogP contribution in [-0.2, 0) is 14.8 Å². The quantitative estimate of drug-likeness (QED) is 0.929. The Bertz CT molecular complexity index is 790. The van der Waals surface area contributed by atoms with Gasteiger partial charge in [0.15, 0.2) is 5.03 Å². The van der Waals surface area contributed by atoms with Gasteiger partial charge in [-0.2, -0.15) is 4.31 Å². The maximum absolute atomic E-state index is 13.4. The molecule has 1 N–H and O–H groups in total. The molecule has 1 saturated heterocycles. The van der Waals surface area contributed by atoms with Gasteiger partial charge >= 0.3 is 0 Å². The van der Waals surface area contributed by atoms with Gasteiger partial charge in [-0.3, -0.25) is 0 Å². The van der Waals surface area contributed by atoms with Crippen molar-refractivity contribution in [2.24, 2.45) is 0 Å². The van der Waals surface area contributed by atoms with Crippen molar-refractivity contribution < 1.29 is 17.5 Å². The maximum Gasteiger partial charge on any atom is 0.260 e. The summed E-state index contributed by atoms with van der Waals surface area (Å²) in [6.07, 6.45) is 2.08. The molecule has 0 aliphatic carbocycles. The van der Waals surface area contributed by atoms with Gasteiger partial charge in [0, 0.05) is 6.54 Å². The highest BCUT2D eigenvalue weighted by Crippen LogP contribution is 2.34. The average Bonchev–Trinajstić information content (AvgIpc) is 3.01. The van der Waals surface area contributed by atoms with Crippen molar-refractivity contribution >= 4 is 10.0 Å². The molecule has 1 atom stereocenters. The van der Waals surface area contributed by atoms with Crippen LogP contribution in [0, 0.1) is 5.82 Å². The second-order valence-electron chi connectivity index (χ2n) is 6.12. The van der Waals surface area contributed by atoms with E-state index in [1.54, 1.807) is 26.0 Å². The molecule has 124 valence electrons. The Morgan fingerprint density at radius 2 is 2.22 bits per heavy atom. The summed E-state index contributed by atoms with van der Waals surface area (Å²) in [5, 5.41) is 0.0328. The molecular weight excluding hydrogens is 321 g/mol. The lowest BCUT2D eigenvalue weighted by Crippen LogP contribution is -2.56. The van der Waals surface area contributed by atoms with Gasteiger partial charge in [-0.05, 0) is 31.5 Å². The molecule has 1 aliphatic heterocycles. The third kappa shape index (κ3) is 3.01. The number of imidazole rings is 1. The molecule has 3 rings (SSSR count). The van der Waals surface area contributed by atoms with Gasteiger partial charge < -0.3 is 9.72 Å². The van der Waals surface area contributed by atoms with Crippen molar-refractivity contribution in [1.29, 1.82) is 0 Å². The summed E-state index contributed by atoms with van der Waals surface area (Å²) in [6.45, 7) is 3.91. The number of benzene rings is 1. The van der Waals surface area contributed by atoms with Gasteiger partial charge in [0.25, 0.3) is 10.0 Å². The molecule has 0 amide bonds. The molecular formula is C15H18FN3O3S. The Morgan fingerprint density at radius 1 is 1.43 bits per heavy atom. The van der Waals surface area contributed by atoms with Crippen LogP contribution in [0.15, 0.2) is 41.8 Å². The molecule has 6 nitrogen and oxygen atoms in total. The normalized spacial score (nSPS) is 22.1. The Morgan fingerprint density at radius 3 is 2.87 bits per heavy atom. The minimum absolute atomic E-state index is 0.0328. The molecule has 23 heavy (non-hydrogen) atoms. The zero-order valence-corrected chi connectivity index (χ0v) is 13.7. The van der Waals surface area contributed by atoms with Crippen molar-refractivity contribution in [3.8, 4) is 0 Å². The number of hydrogen-bond acceptors (Lipinski definition) is 4. The highest BCUT2D eigenvalue weighted by molar-refractivity contribution is 7.89. The third-order valence-electron chi connectivity index (χ3n) is 3.91. The Labute approximate surface area is 134 Å². The van der Waals surface area contributed by atoms with Gasteiger partial charge in [-0.1, -0.05) is 12.1 Å². The van der Waals surface area contributed by atoms with E-state index in [4.69, 9.17) is 4.74 Å². The van der Waals surface area contributed by atoms with Crippen molar-refractivity contribution in [3.05, 3.63) is 48.2 Å². The predicted molar refractivity (Wildman–Crippen MR) is 81.7 cm³/mol. The third-order valence-corrected chi connectivity index (χ3v) is 5.91. The summed E-state index contributed by atoms with van der Waals surface area (Å²) in [6, 6.07) is 6.02. The number of ether oxygens (including phenoxy) is 1. The first-order valence-electron chi connectivity index (χ1n) is 7.19.